The summed E-state index contributed by atoms with van der Waals surface area (Å²) in [6.07, 6.45) is 12.2. The van der Waals surface area contributed by atoms with Gasteiger partial charge in [0.05, 0.1) is 0 Å². The molecule has 0 saturated heterocycles. The first-order valence-corrected chi connectivity index (χ1v) is 9.22. The Morgan fingerprint density at radius 2 is 1.00 bits per heavy atom. The van der Waals surface area contributed by atoms with Crippen molar-refractivity contribution < 1.29 is 17.9 Å². The molecule has 0 aliphatic rings. The van der Waals surface area contributed by atoms with E-state index >= 15 is 0 Å². The molecule has 142 valence electrons. The molecule has 0 fully saturated rings. The van der Waals surface area contributed by atoms with Crippen LogP contribution in [0.3, 0.4) is 0 Å². The Kier molecular flexibility index (Phi) is 5.28. The van der Waals surface area contributed by atoms with Gasteiger partial charge in [-0.25, -0.2) is 27.0 Å². The van der Waals surface area contributed by atoms with Gasteiger partial charge in [0, 0.05) is 0 Å². The molecule has 4 rings (SSSR count). The summed E-state index contributed by atoms with van der Waals surface area (Å²) in [6, 6.07) is 13.2. The van der Waals surface area contributed by atoms with Crippen molar-refractivity contribution in [2.45, 2.75) is 26.2 Å². The molecule has 6 heteroatoms. The number of benzene rings is 2. The Labute approximate surface area is 162 Å². The summed E-state index contributed by atoms with van der Waals surface area (Å²) in [5, 5.41) is 0. The van der Waals surface area contributed by atoms with Gasteiger partial charge in [-0.1, -0.05) is 24.3 Å². The predicted octanol–water partition coefficient (Wildman–Crippen LogP) is 2.94. The van der Waals surface area contributed by atoms with Crippen LogP contribution < -0.4 is 9.13 Å². The average Bonchev–Trinajstić information content (AvgIpc) is 3.33. The number of rotatable bonds is 7. The largest absolute Gasteiger partial charge is 0.244 e. The highest BCUT2D eigenvalue weighted by molar-refractivity contribution is 5.15. The highest BCUT2D eigenvalue weighted by Gasteiger charge is 2.09. The third kappa shape index (κ3) is 4.71. The number of hydrogen-bond acceptors (Lipinski definition) is 0. The molecule has 0 bridgehead atoms. The van der Waals surface area contributed by atoms with Gasteiger partial charge in [-0.2, -0.15) is 0 Å². The number of aromatic nitrogens is 4. The van der Waals surface area contributed by atoms with Crippen molar-refractivity contribution in [2.24, 2.45) is 0 Å². The SMILES string of the molecule is Fc1ccc(C[n+]2ccn(CCn3cc[n+](Cc4ccc(F)cc4)c3)c2)cc1. The molecule has 2 aromatic carbocycles. The molecule has 0 aliphatic carbocycles. The monoisotopic (exact) mass is 380 g/mol. The van der Waals surface area contributed by atoms with Gasteiger partial charge in [-0.05, 0) is 35.4 Å². The Morgan fingerprint density at radius 3 is 1.39 bits per heavy atom. The minimum Gasteiger partial charge on any atom is -0.233 e. The first kappa shape index (κ1) is 18.1. The van der Waals surface area contributed by atoms with Crippen molar-refractivity contribution in [1.82, 2.24) is 9.13 Å². The van der Waals surface area contributed by atoms with Crippen LogP contribution in [0.5, 0.6) is 0 Å². The number of imidazole rings is 2. The summed E-state index contributed by atoms with van der Waals surface area (Å²) in [6.45, 7) is 3.13. The maximum atomic E-state index is 13.0. The second-order valence-corrected chi connectivity index (χ2v) is 6.90. The van der Waals surface area contributed by atoms with Crippen molar-refractivity contribution >= 4 is 0 Å². The maximum Gasteiger partial charge on any atom is 0.244 e. The fourth-order valence-electron chi connectivity index (χ4n) is 3.16. The molecule has 2 aromatic heterocycles. The van der Waals surface area contributed by atoms with Gasteiger partial charge in [0.25, 0.3) is 0 Å². The molecule has 0 aliphatic heterocycles. The van der Waals surface area contributed by atoms with Gasteiger partial charge in [0.15, 0.2) is 0 Å². The topological polar surface area (TPSA) is 17.6 Å². The van der Waals surface area contributed by atoms with Crippen LogP contribution >= 0.6 is 0 Å². The third-order valence-electron chi connectivity index (χ3n) is 4.67. The molecule has 0 radical (unpaired) electrons. The molecule has 2 heterocycles. The summed E-state index contributed by atoms with van der Waals surface area (Å²) < 4.78 is 34.4. The van der Waals surface area contributed by atoms with Crippen molar-refractivity contribution in [3.05, 3.63) is 109 Å². The minimum atomic E-state index is -0.213. The Hall–Kier alpha value is -3.28. The molecule has 0 spiro atoms. The van der Waals surface area contributed by atoms with Gasteiger partial charge in [0.2, 0.25) is 12.7 Å². The van der Waals surface area contributed by atoms with Crippen molar-refractivity contribution in [1.29, 1.82) is 0 Å². The lowest BCUT2D eigenvalue weighted by atomic mass is 10.2. The molecule has 4 nitrogen and oxygen atoms in total. The van der Waals surface area contributed by atoms with E-state index in [-0.39, 0.29) is 11.6 Å². The first-order valence-electron chi connectivity index (χ1n) is 9.22. The zero-order chi connectivity index (χ0) is 19.3. The zero-order valence-electron chi connectivity index (χ0n) is 15.5. The van der Waals surface area contributed by atoms with Crippen molar-refractivity contribution in [3.8, 4) is 0 Å². The molecule has 0 saturated carbocycles. The number of nitrogens with zero attached hydrogens (tertiary/aromatic N) is 4. The highest BCUT2D eigenvalue weighted by atomic mass is 19.1. The van der Waals surface area contributed by atoms with Crippen LogP contribution in [0, 0.1) is 11.6 Å². The highest BCUT2D eigenvalue weighted by Crippen LogP contribution is 2.03. The van der Waals surface area contributed by atoms with Gasteiger partial charge in [-0.3, -0.25) is 0 Å². The van der Waals surface area contributed by atoms with Gasteiger partial charge < -0.3 is 0 Å². The van der Waals surface area contributed by atoms with Gasteiger partial charge in [0.1, 0.15) is 62.6 Å². The molecule has 0 amide bonds. The average molecular weight is 380 g/mol. The smallest absolute Gasteiger partial charge is 0.233 e. The van der Waals surface area contributed by atoms with Crippen molar-refractivity contribution in [2.75, 3.05) is 0 Å². The van der Waals surface area contributed by atoms with E-state index in [1.165, 1.54) is 24.3 Å². The number of halogens is 2. The van der Waals surface area contributed by atoms with E-state index in [1.54, 1.807) is 24.3 Å². The fraction of sp³-hybridized carbons (Fsp3) is 0.182. The van der Waals surface area contributed by atoms with E-state index in [0.29, 0.717) is 13.1 Å². The second-order valence-electron chi connectivity index (χ2n) is 6.90. The predicted molar refractivity (Wildman–Crippen MR) is 100 cm³/mol. The van der Waals surface area contributed by atoms with Gasteiger partial charge >= 0.3 is 0 Å². The quantitative estimate of drug-likeness (QED) is 0.439. The van der Waals surface area contributed by atoms with E-state index in [2.05, 4.69) is 30.9 Å². The van der Waals surface area contributed by atoms with Crippen LogP contribution in [0.2, 0.25) is 0 Å². The lowest BCUT2D eigenvalue weighted by Crippen LogP contribution is -2.32. The van der Waals surface area contributed by atoms with Crippen LogP contribution in [0.15, 0.2) is 86.0 Å². The molecule has 28 heavy (non-hydrogen) atoms. The minimum absolute atomic E-state index is 0.213. The van der Waals surface area contributed by atoms with Crippen molar-refractivity contribution in [3.63, 3.8) is 0 Å². The molecule has 0 atom stereocenters. The summed E-state index contributed by atoms with van der Waals surface area (Å²) >= 11 is 0. The van der Waals surface area contributed by atoms with Crippen LogP contribution in [-0.4, -0.2) is 9.13 Å². The van der Waals surface area contributed by atoms with Crippen LogP contribution in [0.1, 0.15) is 11.1 Å². The molecule has 0 N–H and O–H groups in total. The Morgan fingerprint density at radius 1 is 0.607 bits per heavy atom. The van der Waals surface area contributed by atoms with Crippen LogP contribution in [0.4, 0.5) is 8.78 Å². The van der Waals surface area contributed by atoms with E-state index in [9.17, 15) is 8.78 Å². The second kappa shape index (κ2) is 8.17. The summed E-state index contributed by atoms with van der Waals surface area (Å²) in [7, 11) is 0. The Bertz CT molecular complexity index is 947. The summed E-state index contributed by atoms with van der Waals surface area (Å²) in [5.74, 6) is -0.426. The van der Waals surface area contributed by atoms with E-state index in [4.69, 9.17) is 0 Å². The van der Waals surface area contributed by atoms with Crippen LogP contribution in [-0.2, 0) is 26.2 Å². The summed E-state index contributed by atoms with van der Waals surface area (Å²) in [5.41, 5.74) is 2.13. The normalized spacial score (nSPS) is 11.1. The fourth-order valence-corrected chi connectivity index (χ4v) is 3.16. The zero-order valence-corrected chi connectivity index (χ0v) is 15.5. The summed E-state index contributed by atoms with van der Waals surface area (Å²) in [4.78, 5) is 0. The van der Waals surface area contributed by atoms with Gasteiger partial charge in [-0.15, -0.1) is 0 Å². The van der Waals surface area contributed by atoms with Crippen LogP contribution in [0.25, 0.3) is 0 Å². The Balaban J connectivity index is 1.31. The molecular weight excluding hydrogens is 358 g/mol. The van der Waals surface area contributed by atoms with E-state index < -0.39 is 0 Å². The maximum absolute atomic E-state index is 13.0. The molecule has 4 aromatic rings. The number of aryl methyl sites for hydroxylation is 2. The van der Waals surface area contributed by atoms with E-state index in [0.717, 1.165) is 24.2 Å². The molecule has 0 unspecified atom stereocenters. The lowest BCUT2D eigenvalue weighted by molar-refractivity contribution is -0.688. The van der Waals surface area contributed by atoms with E-state index in [1.807, 2.05) is 24.8 Å². The number of hydrogen-bond donors (Lipinski definition) is 0. The molecular formula is C22H22F2N4+2. The first-order chi connectivity index (χ1) is 13.6. The third-order valence-corrected chi connectivity index (χ3v) is 4.67. The standard InChI is InChI=1S/C22H22F2N4/c23-21-5-1-19(2-6-21)15-27-13-11-25(17-27)9-10-26-12-14-28(18-26)16-20-3-7-22(24)8-4-20/h1-8,11-14,17-18H,9-10,15-16H2/q+2. The lowest BCUT2D eigenvalue weighted by Gasteiger charge is -1.98.